The lowest BCUT2D eigenvalue weighted by Crippen LogP contribution is -2.83. The normalized spacial score (nSPS) is 39.9. The smallest absolute Gasteiger partial charge is 0.230 e. The van der Waals surface area contributed by atoms with Gasteiger partial charge in [0, 0.05) is 22.8 Å². The van der Waals surface area contributed by atoms with Gasteiger partial charge in [-0.2, -0.15) is 0 Å². The largest absolute Gasteiger partial charge is 0.507 e. The Morgan fingerprint density at radius 1 is 1.14 bits per heavy atom. The number of hydrogen-bond acceptors (Lipinski definition) is 9. The highest BCUT2D eigenvalue weighted by Gasteiger charge is 2.80. The molecular formula is C32H45NO9. The van der Waals surface area contributed by atoms with Gasteiger partial charge in [-0.1, -0.05) is 60.6 Å². The van der Waals surface area contributed by atoms with E-state index in [1.54, 1.807) is 39.8 Å². The van der Waals surface area contributed by atoms with Gasteiger partial charge in [-0.25, -0.2) is 0 Å². The van der Waals surface area contributed by atoms with E-state index in [2.05, 4.69) is 0 Å². The molecule has 3 aliphatic rings. The van der Waals surface area contributed by atoms with Gasteiger partial charge in [0.05, 0.1) is 23.7 Å². The number of unbranched alkanes of at least 4 members (excludes halogenated alkanes) is 1. The average molecular weight is 588 g/mol. The second-order valence-corrected chi connectivity index (χ2v) is 14.2. The minimum Gasteiger partial charge on any atom is -0.507 e. The van der Waals surface area contributed by atoms with Crippen LogP contribution in [-0.2, 0) is 19.8 Å². The van der Waals surface area contributed by atoms with Crippen LogP contribution in [0, 0.1) is 34.5 Å². The lowest BCUT2D eigenvalue weighted by atomic mass is 9.36. The molecule has 0 saturated heterocycles. The molecule has 10 nitrogen and oxygen atoms in total. The quantitative estimate of drug-likeness (QED) is 0.156. The van der Waals surface area contributed by atoms with Crippen LogP contribution in [0.15, 0.2) is 12.1 Å². The third kappa shape index (κ3) is 3.84. The third-order valence-electron chi connectivity index (χ3n) is 11.5. The minimum atomic E-state index is -2.82. The van der Waals surface area contributed by atoms with Gasteiger partial charge in [0.1, 0.15) is 24.1 Å². The second kappa shape index (κ2) is 10.2. The average Bonchev–Trinajstić information content (AvgIpc) is 2.88. The van der Waals surface area contributed by atoms with Crippen LogP contribution >= 0.6 is 0 Å². The molecule has 0 bridgehead atoms. The van der Waals surface area contributed by atoms with E-state index in [0.717, 1.165) is 6.29 Å². The Kier molecular flexibility index (Phi) is 7.85. The highest BCUT2D eigenvalue weighted by atomic mass is 16.4. The van der Waals surface area contributed by atoms with Gasteiger partial charge in [-0.15, -0.1) is 0 Å². The van der Waals surface area contributed by atoms with Crippen molar-refractivity contribution in [1.29, 1.82) is 0 Å². The highest BCUT2D eigenvalue weighted by molar-refractivity contribution is 6.09. The Balaban J connectivity index is 1.97. The van der Waals surface area contributed by atoms with Gasteiger partial charge >= 0.3 is 0 Å². The molecule has 0 heterocycles. The first-order chi connectivity index (χ1) is 19.3. The molecule has 1 amide bonds. The third-order valence-corrected chi connectivity index (χ3v) is 11.5. The van der Waals surface area contributed by atoms with Crippen molar-refractivity contribution in [2.24, 2.45) is 40.2 Å². The number of fused-ring (bicyclic) bond motifs is 3. The molecule has 42 heavy (non-hydrogen) atoms. The van der Waals surface area contributed by atoms with E-state index in [9.17, 15) is 44.7 Å². The van der Waals surface area contributed by atoms with Crippen LogP contribution in [0.1, 0.15) is 95.1 Å². The van der Waals surface area contributed by atoms with E-state index < -0.39 is 87.2 Å². The number of phenols is 1. The van der Waals surface area contributed by atoms with Crippen LogP contribution in [0.25, 0.3) is 0 Å². The summed E-state index contributed by atoms with van der Waals surface area (Å²) in [6, 6.07) is 3.45. The summed E-state index contributed by atoms with van der Waals surface area (Å²) in [6.45, 7) is 12.0. The van der Waals surface area contributed by atoms with Crippen molar-refractivity contribution in [2.45, 2.75) is 103 Å². The molecule has 0 spiro atoms. The number of amides is 1. The van der Waals surface area contributed by atoms with Crippen LogP contribution in [0.5, 0.6) is 5.75 Å². The van der Waals surface area contributed by atoms with Crippen molar-refractivity contribution in [3.63, 3.8) is 0 Å². The first-order valence-electron chi connectivity index (χ1n) is 14.7. The molecule has 4 rings (SSSR count). The van der Waals surface area contributed by atoms with E-state index in [4.69, 9.17) is 5.73 Å². The summed E-state index contributed by atoms with van der Waals surface area (Å²) in [6.07, 6.45) is -3.06. The van der Waals surface area contributed by atoms with Crippen LogP contribution in [-0.4, -0.2) is 73.2 Å². The van der Waals surface area contributed by atoms with E-state index in [-0.39, 0.29) is 11.3 Å². The van der Waals surface area contributed by atoms with Crippen molar-refractivity contribution >= 4 is 23.8 Å². The molecule has 1 aromatic carbocycles. The zero-order valence-corrected chi connectivity index (χ0v) is 25.4. The molecule has 2 saturated carbocycles. The summed E-state index contributed by atoms with van der Waals surface area (Å²) in [5, 5.41) is 59.4. The number of benzene rings is 1. The fraction of sp³-hybridized carbons (Fsp3) is 0.688. The topological polar surface area (TPSA) is 195 Å². The summed E-state index contributed by atoms with van der Waals surface area (Å²) in [4.78, 5) is 51.6. The maximum Gasteiger partial charge on any atom is 0.230 e. The number of nitrogens with two attached hydrogens (primary N) is 1. The molecule has 1 aromatic rings. The molecule has 3 aliphatic carbocycles. The first kappa shape index (κ1) is 32.3. The van der Waals surface area contributed by atoms with Crippen LogP contribution in [0.4, 0.5) is 0 Å². The van der Waals surface area contributed by atoms with Crippen molar-refractivity contribution < 1.29 is 44.7 Å². The molecule has 0 aromatic heterocycles. The number of aliphatic hydroxyl groups is 4. The van der Waals surface area contributed by atoms with Gasteiger partial charge in [0.25, 0.3) is 0 Å². The van der Waals surface area contributed by atoms with Gasteiger partial charge in [0.2, 0.25) is 5.91 Å². The van der Waals surface area contributed by atoms with Crippen LogP contribution in [0.2, 0.25) is 0 Å². The molecule has 0 radical (unpaired) electrons. The number of aldehydes is 1. The highest BCUT2D eigenvalue weighted by Crippen LogP contribution is 2.68. The monoisotopic (exact) mass is 587 g/mol. The number of carbonyl (C=O) groups excluding carboxylic acids is 4. The number of ketones is 2. The van der Waals surface area contributed by atoms with Crippen molar-refractivity contribution in [2.75, 3.05) is 0 Å². The molecule has 0 aliphatic heterocycles. The minimum absolute atomic E-state index is 0.0560. The van der Waals surface area contributed by atoms with E-state index >= 15 is 0 Å². The van der Waals surface area contributed by atoms with Crippen molar-refractivity contribution in [3.8, 4) is 5.75 Å². The summed E-state index contributed by atoms with van der Waals surface area (Å²) >= 11 is 0. The Bertz CT molecular complexity index is 1320. The zero-order chi connectivity index (χ0) is 31.9. The Hall–Kier alpha value is -2.66. The fourth-order valence-corrected chi connectivity index (χ4v) is 9.07. The molecule has 10 heteroatoms. The van der Waals surface area contributed by atoms with E-state index in [1.165, 1.54) is 6.92 Å². The standard InChI is InChI=1S/C32H45NO9/c1-14(2)20-24(37)19(27(33)40)25(38)32(42)26(39)21-23(36)18-16(15(3)30(21,6)28(41)31(20,32)7)10-11-17(22(18)35)29(4,5)12-8-9-13-34/h10-11,13-15,19-21,24,26,28,35,37,39,41-42H,8-9,12H2,1-7H3,(H2,33,40)/t15-,19-,20+,21-,24?,26?,28-,30+,31+,32+/m1/s1. The maximum absolute atomic E-state index is 14.4. The number of aromatic hydroxyl groups is 1. The molecule has 2 fully saturated rings. The number of aliphatic hydroxyl groups excluding tert-OH is 3. The van der Waals surface area contributed by atoms with E-state index in [0.29, 0.717) is 30.4 Å². The van der Waals surface area contributed by atoms with Crippen LogP contribution < -0.4 is 5.73 Å². The van der Waals surface area contributed by atoms with Gasteiger partial charge in [-0.3, -0.25) is 14.4 Å². The summed E-state index contributed by atoms with van der Waals surface area (Å²) in [7, 11) is 0. The molecule has 232 valence electrons. The number of hydrogen-bond donors (Lipinski definition) is 6. The predicted octanol–water partition coefficient (Wildman–Crippen LogP) is 1.75. The molecular weight excluding hydrogens is 542 g/mol. The fourth-order valence-electron chi connectivity index (χ4n) is 9.07. The lowest BCUT2D eigenvalue weighted by Gasteiger charge is -2.69. The Morgan fingerprint density at radius 3 is 2.26 bits per heavy atom. The van der Waals surface area contributed by atoms with E-state index in [1.807, 2.05) is 13.8 Å². The Morgan fingerprint density at radius 2 is 1.74 bits per heavy atom. The van der Waals surface area contributed by atoms with Gasteiger partial charge < -0.3 is 36.1 Å². The van der Waals surface area contributed by atoms with Gasteiger partial charge in [-0.05, 0) is 41.6 Å². The second-order valence-electron chi connectivity index (χ2n) is 14.2. The number of primary amides is 1. The SMILES string of the molecule is CC(C)[C@H]1C(O)[C@@H](C(N)=O)C(=O)[C@]2(O)C(O)[C@H]3C(=O)c4c(ccc(C(C)(C)CCCC=O)c4O)[C@@H](C)[C@]3(C)[C@@H](O)[C@]12C. The molecule has 2 unspecified atom stereocenters. The summed E-state index contributed by atoms with van der Waals surface area (Å²) in [5.74, 6) is -9.07. The predicted molar refractivity (Wildman–Crippen MR) is 152 cm³/mol. The summed E-state index contributed by atoms with van der Waals surface area (Å²) < 4.78 is 0. The van der Waals surface area contributed by atoms with Crippen molar-refractivity contribution in [3.05, 3.63) is 28.8 Å². The molecule has 7 N–H and O–H groups in total. The molecule has 10 atom stereocenters. The lowest BCUT2D eigenvalue weighted by molar-refractivity contribution is -0.306. The van der Waals surface area contributed by atoms with Gasteiger partial charge in [0.15, 0.2) is 17.2 Å². The maximum atomic E-state index is 14.4. The number of phenolic OH excluding ortho intramolecular Hbond substituents is 1. The number of Topliss-reactive ketones (excluding diaryl/α,β-unsaturated/α-hetero) is 2. The Labute approximate surface area is 246 Å². The van der Waals surface area contributed by atoms with Crippen LogP contribution in [0.3, 0.4) is 0 Å². The first-order valence-corrected chi connectivity index (χ1v) is 14.7. The van der Waals surface area contributed by atoms with Crippen molar-refractivity contribution in [1.82, 2.24) is 0 Å². The zero-order valence-electron chi connectivity index (χ0n) is 25.4. The number of carbonyl (C=O) groups is 4. The summed E-state index contributed by atoms with van der Waals surface area (Å²) in [5.41, 5.74) is -0.412. The number of rotatable bonds is 7.